The molecule has 0 heterocycles. The van der Waals surface area contributed by atoms with Gasteiger partial charge < -0.3 is 9.47 Å². The lowest BCUT2D eigenvalue weighted by Crippen LogP contribution is -2.13. The highest BCUT2D eigenvalue weighted by Crippen LogP contribution is 2.10. The smallest absolute Gasteiger partial charge is 0.351 e. The third kappa shape index (κ3) is 3.26. The van der Waals surface area contributed by atoms with Gasteiger partial charge in [0.25, 0.3) is 0 Å². The molecule has 0 fully saturated rings. The van der Waals surface area contributed by atoms with Crippen LogP contribution >= 0.6 is 0 Å². The van der Waals surface area contributed by atoms with Crippen LogP contribution < -0.4 is 4.74 Å². The van der Waals surface area contributed by atoms with Gasteiger partial charge in [-0.15, -0.1) is 0 Å². The summed E-state index contributed by atoms with van der Waals surface area (Å²) in [5, 5.41) is 0. The molecule has 0 spiro atoms. The Morgan fingerprint density at radius 3 is 2.57 bits per heavy atom. The molecule has 0 N–H and O–H groups in total. The van der Waals surface area contributed by atoms with Crippen LogP contribution in [0.2, 0.25) is 0 Å². The third-order valence-electron chi connectivity index (χ3n) is 1.56. The molecule has 14 heavy (non-hydrogen) atoms. The van der Waals surface area contributed by atoms with Crippen molar-refractivity contribution >= 4 is 12.4 Å². The fourth-order valence-electron chi connectivity index (χ4n) is 0.864. The van der Waals surface area contributed by atoms with Crippen molar-refractivity contribution in [2.75, 3.05) is 6.61 Å². The topological polar surface area (TPSA) is 52.6 Å². The van der Waals surface area contributed by atoms with Gasteiger partial charge in [-0.1, -0.05) is 17.7 Å². The zero-order chi connectivity index (χ0) is 10.4. The molecule has 0 radical (unpaired) electrons. The fraction of sp³-hybridized carbons (Fsp3) is 0.200. The van der Waals surface area contributed by atoms with Crippen LogP contribution in [-0.4, -0.2) is 19.0 Å². The number of carbonyl (C=O) groups is 2. The van der Waals surface area contributed by atoms with E-state index in [0.29, 0.717) is 5.75 Å². The van der Waals surface area contributed by atoms with Crippen molar-refractivity contribution in [3.05, 3.63) is 29.8 Å². The quantitative estimate of drug-likeness (QED) is 0.408. The number of hydrogen-bond donors (Lipinski definition) is 0. The lowest BCUT2D eigenvalue weighted by molar-refractivity contribution is -0.153. The van der Waals surface area contributed by atoms with Crippen LogP contribution in [0.15, 0.2) is 24.3 Å². The molecule has 0 bridgehead atoms. The van der Waals surface area contributed by atoms with Gasteiger partial charge in [-0.3, -0.25) is 4.79 Å². The predicted octanol–water partition coefficient (Wildman–Crippen LogP) is 1.07. The first-order valence-electron chi connectivity index (χ1n) is 4.05. The van der Waals surface area contributed by atoms with Gasteiger partial charge in [0.1, 0.15) is 5.75 Å². The molecule has 1 aromatic carbocycles. The summed E-state index contributed by atoms with van der Waals surface area (Å²) in [5.41, 5.74) is 1.10. The van der Waals surface area contributed by atoms with E-state index in [9.17, 15) is 9.59 Å². The lowest BCUT2D eigenvalue weighted by Gasteiger charge is -2.03. The molecule has 0 amide bonds. The number of benzene rings is 1. The molecular weight excluding hydrogens is 184 g/mol. The standard InChI is InChI=1S/C10H10O4/c1-8-2-4-9(5-3-8)13-6-10(12)14-7-11/h2-5,7H,6H2,1H3. The molecule has 0 unspecified atom stereocenters. The van der Waals surface area contributed by atoms with Crippen molar-refractivity contribution in [3.63, 3.8) is 0 Å². The van der Waals surface area contributed by atoms with Gasteiger partial charge in [-0.2, -0.15) is 0 Å². The van der Waals surface area contributed by atoms with E-state index >= 15 is 0 Å². The Labute approximate surface area is 81.4 Å². The minimum atomic E-state index is -0.708. The average Bonchev–Trinajstić information content (AvgIpc) is 2.17. The SMILES string of the molecule is Cc1ccc(OCC(=O)OC=O)cc1. The number of esters is 1. The van der Waals surface area contributed by atoms with E-state index in [1.165, 1.54) is 0 Å². The highest BCUT2D eigenvalue weighted by atomic mass is 16.6. The predicted molar refractivity (Wildman–Crippen MR) is 48.8 cm³/mol. The summed E-state index contributed by atoms with van der Waals surface area (Å²) in [7, 11) is 0. The summed E-state index contributed by atoms with van der Waals surface area (Å²) in [6.45, 7) is 1.77. The van der Waals surface area contributed by atoms with E-state index in [1.54, 1.807) is 12.1 Å². The molecule has 74 valence electrons. The zero-order valence-corrected chi connectivity index (χ0v) is 7.73. The van der Waals surface area contributed by atoms with Crippen molar-refractivity contribution in [3.8, 4) is 5.75 Å². The van der Waals surface area contributed by atoms with Crippen molar-refractivity contribution < 1.29 is 19.1 Å². The van der Waals surface area contributed by atoms with Gasteiger partial charge in [0, 0.05) is 0 Å². The fourth-order valence-corrected chi connectivity index (χ4v) is 0.864. The summed E-state index contributed by atoms with van der Waals surface area (Å²) in [6.07, 6.45) is 0. The minimum Gasteiger partial charge on any atom is -0.482 e. The monoisotopic (exact) mass is 194 g/mol. The first kappa shape index (κ1) is 10.2. The lowest BCUT2D eigenvalue weighted by atomic mass is 10.2. The second-order valence-corrected chi connectivity index (χ2v) is 2.69. The molecule has 0 aliphatic rings. The van der Waals surface area contributed by atoms with Crippen LogP contribution in [0.1, 0.15) is 5.56 Å². The van der Waals surface area contributed by atoms with Gasteiger partial charge in [0.2, 0.25) is 0 Å². The second kappa shape index (κ2) is 5.01. The van der Waals surface area contributed by atoms with Gasteiger partial charge in [0.15, 0.2) is 6.61 Å². The van der Waals surface area contributed by atoms with Crippen LogP contribution in [-0.2, 0) is 14.3 Å². The Balaban J connectivity index is 2.41. The number of rotatable bonds is 4. The normalized spacial score (nSPS) is 9.21. The van der Waals surface area contributed by atoms with Crippen molar-refractivity contribution in [1.29, 1.82) is 0 Å². The number of carbonyl (C=O) groups excluding carboxylic acids is 2. The van der Waals surface area contributed by atoms with E-state index < -0.39 is 5.97 Å². The molecule has 4 heteroatoms. The number of hydrogen-bond acceptors (Lipinski definition) is 4. The van der Waals surface area contributed by atoms with Gasteiger partial charge in [-0.25, -0.2) is 4.79 Å². The van der Waals surface area contributed by atoms with Crippen LogP contribution in [0.4, 0.5) is 0 Å². The van der Waals surface area contributed by atoms with Gasteiger partial charge in [0.05, 0.1) is 0 Å². The zero-order valence-electron chi connectivity index (χ0n) is 7.73. The highest BCUT2D eigenvalue weighted by Gasteiger charge is 2.02. The Bertz CT molecular complexity index is 315. The van der Waals surface area contributed by atoms with Crippen LogP contribution in [0.3, 0.4) is 0 Å². The minimum absolute atomic E-state index is 0.0842. The molecule has 0 atom stereocenters. The maximum atomic E-state index is 10.7. The van der Waals surface area contributed by atoms with Gasteiger partial charge >= 0.3 is 12.4 Å². The Morgan fingerprint density at radius 1 is 1.36 bits per heavy atom. The van der Waals surface area contributed by atoms with E-state index in [2.05, 4.69) is 4.74 Å². The summed E-state index contributed by atoms with van der Waals surface area (Å²) in [6, 6.07) is 7.20. The average molecular weight is 194 g/mol. The summed E-state index contributed by atoms with van der Waals surface area (Å²) < 4.78 is 9.08. The third-order valence-corrected chi connectivity index (χ3v) is 1.56. The molecule has 0 aliphatic carbocycles. The van der Waals surface area contributed by atoms with E-state index in [0.717, 1.165) is 5.56 Å². The summed E-state index contributed by atoms with van der Waals surface area (Å²) in [5.74, 6) is -0.140. The highest BCUT2D eigenvalue weighted by molar-refractivity contribution is 5.77. The molecule has 1 aromatic rings. The van der Waals surface area contributed by atoms with Crippen LogP contribution in [0, 0.1) is 6.92 Å². The largest absolute Gasteiger partial charge is 0.482 e. The van der Waals surface area contributed by atoms with Crippen molar-refractivity contribution in [1.82, 2.24) is 0 Å². The Hall–Kier alpha value is -1.84. The van der Waals surface area contributed by atoms with Crippen LogP contribution in [0.25, 0.3) is 0 Å². The van der Waals surface area contributed by atoms with Crippen LogP contribution in [0.5, 0.6) is 5.75 Å². The molecule has 0 saturated heterocycles. The summed E-state index contributed by atoms with van der Waals surface area (Å²) in [4.78, 5) is 20.5. The first-order chi connectivity index (χ1) is 6.72. The van der Waals surface area contributed by atoms with E-state index in [-0.39, 0.29) is 13.1 Å². The Kier molecular flexibility index (Phi) is 3.67. The number of aryl methyl sites for hydroxylation is 1. The molecule has 4 nitrogen and oxygen atoms in total. The maximum absolute atomic E-state index is 10.7. The molecular formula is C10H10O4. The second-order valence-electron chi connectivity index (χ2n) is 2.69. The molecule has 0 aliphatic heterocycles. The van der Waals surface area contributed by atoms with E-state index in [1.807, 2.05) is 19.1 Å². The van der Waals surface area contributed by atoms with Crippen molar-refractivity contribution in [2.45, 2.75) is 6.92 Å². The molecule has 0 saturated carbocycles. The number of ether oxygens (including phenoxy) is 2. The molecule has 1 rings (SSSR count). The maximum Gasteiger partial charge on any atom is 0.351 e. The van der Waals surface area contributed by atoms with Gasteiger partial charge in [-0.05, 0) is 19.1 Å². The van der Waals surface area contributed by atoms with Crippen molar-refractivity contribution in [2.24, 2.45) is 0 Å². The first-order valence-corrected chi connectivity index (χ1v) is 4.05. The van der Waals surface area contributed by atoms with E-state index in [4.69, 9.17) is 4.74 Å². The summed E-state index contributed by atoms with van der Waals surface area (Å²) >= 11 is 0. The Morgan fingerprint density at radius 2 is 2.00 bits per heavy atom. The molecule has 0 aromatic heterocycles.